The average Bonchev–Trinajstić information content (AvgIpc) is 3.07. The highest BCUT2D eigenvalue weighted by molar-refractivity contribution is 5.30. The molecule has 2 heterocycles. The van der Waals surface area contributed by atoms with Gasteiger partial charge in [0.1, 0.15) is 5.82 Å². The molecule has 3 aromatic rings. The Labute approximate surface area is 146 Å². The van der Waals surface area contributed by atoms with Gasteiger partial charge in [-0.1, -0.05) is 32.0 Å². The van der Waals surface area contributed by atoms with Gasteiger partial charge in [-0.3, -0.25) is 9.88 Å². The van der Waals surface area contributed by atoms with Crippen molar-refractivity contribution in [1.29, 1.82) is 0 Å². The summed E-state index contributed by atoms with van der Waals surface area (Å²) in [7, 11) is 1.97. The second kappa shape index (κ2) is 7.53. The Morgan fingerprint density at radius 1 is 1.08 bits per heavy atom. The van der Waals surface area contributed by atoms with Gasteiger partial charge in [-0.05, 0) is 36.4 Å². The van der Waals surface area contributed by atoms with E-state index in [1.807, 2.05) is 39.2 Å². The van der Waals surface area contributed by atoms with Crippen molar-refractivity contribution in [2.75, 3.05) is 7.05 Å². The number of aromatic nitrogens is 3. The second-order valence-corrected chi connectivity index (χ2v) is 6.34. The third-order valence-corrected chi connectivity index (χ3v) is 3.99. The fourth-order valence-corrected chi connectivity index (χ4v) is 2.75. The molecule has 0 fully saturated rings. The maximum absolute atomic E-state index is 13.3. The lowest BCUT2D eigenvalue weighted by molar-refractivity contribution is 0.238. The van der Waals surface area contributed by atoms with E-state index in [2.05, 4.69) is 20.1 Å². The number of hydrogen-bond donors (Lipinski definition) is 0. The molecule has 0 unspecified atom stereocenters. The highest BCUT2D eigenvalue weighted by atomic mass is 19.1. The van der Waals surface area contributed by atoms with Gasteiger partial charge < -0.3 is 4.42 Å². The number of hydrogen-bond acceptors (Lipinski definition) is 5. The fraction of sp³-hybridized carbons (Fsp3) is 0.316. The zero-order valence-corrected chi connectivity index (χ0v) is 14.6. The molecule has 1 aromatic carbocycles. The molecule has 6 heteroatoms. The Bertz CT molecular complexity index is 802. The van der Waals surface area contributed by atoms with Crippen LogP contribution in [-0.2, 0) is 6.54 Å². The van der Waals surface area contributed by atoms with Gasteiger partial charge in [-0.15, -0.1) is 10.2 Å². The summed E-state index contributed by atoms with van der Waals surface area (Å²) >= 11 is 0. The molecule has 0 bridgehead atoms. The van der Waals surface area contributed by atoms with Crippen LogP contribution in [0.3, 0.4) is 0 Å². The summed E-state index contributed by atoms with van der Waals surface area (Å²) in [5, 5.41) is 8.21. The Morgan fingerprint density at radius 3 is 2.44 bits per heavy atom. The molecular formula is C19H21FN4O. The Morgan fingerprint density at radius 2 is 1.84 bits per heavy atom. The predicted molar refractivity (Wildman–Crippen MR) is 92.3 cm³/mol. The smallest absolute Gasteiger partial charge is 0.230 e. The summed E-state index contributed by atoms with van der Waals surface area (Å²) in [5.74, 6) is 1.12. The van der Waals surface area contributed by atoms with Crippen LogP contribution in [0.25, 0.3) is 0 Å². The zero-order chi connectivity index (χ0) is 17.8. The summed E-state index contributed by atoms with van der Waals surface area (Å²) < 4.78 is 19.0. The van der Waals surface area contributed by atoms with Crippen LogP contribution in [0.1, 0.15) is 48.7 Å². The van der Waals surface area contributed by atoms with Crippen molar-refractivity contribution >= 4 is 0 Å². The summed E-state index contributed by atoms with van der Waals surface area (Å²) in [5.41, 5.74) is 1.99. The normalized spacial score (nSPS) is 12.7. The van der Waals surface area contributed by atoms with Gasteiger partial charge in [0.2, 0.25) is 11.8 Å². The van der Waals surface area contributed by atoms with E-state index < -0.39 is 0 Å². The van der Waals surface area contributed by atoms with Crippen molar-refractivity contribution in [3.63, 3.8) is 0 Å². The predicted octanol–water partition coefficient (Wildman–Crippen LogP) is 3.95. The van der Waals surface area contributed by atoms with E-state index in [0.29, 0.717) is 18.3 Å². The largest absolute Gasteiger partial charge is 0.424 e. The number of benzene rings is 1. The third-order valence-electron chi connectivity index (χ3n) is 3.99. The maximum atomic E-state index is 13.3. The lowest BCUT2D eigenvalue weighted by Crippen LogP contribution is -2.25. The van der Waals surface area contributed by atoms with Crippen molar-refractivity contribution < 1.29 is 8.81 Å². The maximum Gasteiger partial charge on any atom is 0.230 e. The van der Waals surface area contributed by atoms with E-state index in [-0.39, 0.29) is 17.8 Å². The van der Waals surface area contributed by atoms with Crippen molar-refractivity contribution in [2.24, 2.45) is 0 Å². The Kier molecular flexibility index (Phi) is 5.19. The van der Waals surface area contributed by atoms with Gasteiger partial charge in [0.15, 0.2) is 0 Å². The van der Waals surface area contributed by atoms with Gasteiger partial charge in [0.05, 0.1) is 12.6 Å². The van der Waals surface area contributed by atoms with E-state index >= 15 is 0 Å². The molecule has 130 valence electrons. The zero-order valence-electron chi connectivity index (χ0n) is 14.6. The molecule has 0 saturated heterocycles. The quantitative estimate of drug-likeness (QED) is 0.680. The van der Waals surface area contributed by atoms with Gasteiger partial charge in [-0.2, -0.15) is 0 Å². The van der Waals surface area contributed by atoms with E-state index in [0.717, 1.165) is 11.1 Å². The van der Waals surface area contributed by atoms with E-state index in [4.69, 9.17) is 4.42 Å². The minimum Gasteiger partial charge on any atom is -0.424 e. The minimum absolute atomic E-state index is 0.0938. The topological polar surface area (TPSA) is 55.1 Å². The van der Waals surface area contributed by atoms with Gasteiger partial charge in [0.25, 0.3) is 0 Å². The Balaban J connectivity index is 1.89. The average molecular weight is 340 g/mol. The van der Waals surface area contributed by atoms with Crippen molar-refractivity contribution in [1.82, 2.24) is 20.1 Å². The molecule has 0 spiro atoms. The number of rotatable bonds is 6. The molecule has 5 nitrogen and oxygen atoms in total. The first-order chi connectivity index (χ1) is 12.0. The van der Waals surface area contributed by atoms with Crippen LogP contribution in [0, 0.1) is 5.82 Å². The summed E-state index contributed by atoms with van der Waals surface area (Å²) in [4.78, 5) is 6.30. The third kappa shape index (κ3) is 4.09. The highest BCUT2D eigenvalue weighted by Gasteiger charge is 2.22. The first kappa shape index (κ1) is 17.2. The van der Waals surface area contributed by atoms with E-state index in [1.165, 1.54) is 12.1 Å². The van der Waals surface area contributed by atoms with Crippen LogP contribution in [-0.4, -0.2) is 27.1 Å². The first-order valence-corrected chi connectivity index (χ1v) is 8.22. The molecule has 0 aliphatic carbocycles. The number of nitrogens with zero attached hydrogens (tertiary/aromatic N) is 4. The minimum atomic E-state index is -0.255. The first-order valence-electron chi connectivity index (χ1n) is 8.22. The second-order valence-electron chi connectivity index (χ2n) is 6.34. The van der Waals surface area contributed by atoms with Crippen molar-refractivity contribution in [3.8, 4) is 0 Å². The number of halogens is 1. The molecule has 1 atom stereocenters. The van der Waals surface area contributed by atoms with Crippen LogP contribution >= 0.6 is 0 Å². The summed E-state index contributed by atoms with van der Waals surface area (Å²) in [6, 6.07) is 10.3. The standard InChI is InChI=1S/C19H21FN4O/c1-13(2)19-23-22-17(25-19)12-24(3)18(15-5-4-10-21-11-15)14-6-8-16(20)9-7-14/h4-11,13,18H,12H2,1-3H3/t18-/m1/s1. The molecule has 25 heavy (non-hydrogen) atoms. The molecule has 0 saturated carbocycles. The van der Waals surface area contributed by atoms with E-state index in [9.17, 15) is 4.39 Å². The van der Waals surface area contributed by atoms with Crippen LogP contribution < -0.4 is 0 Å². The van der Waals surface area contributed by atoms with Gasteiger partial charge in [-0.25, -0.2) is 4.39 Å². The molecule has 3 rings (SSSR count). The molecule has 0 aliphatic heterocycles. The molecular weight excluding hydrogens is 319 g/mol. The van der Waals surface area contributed by atoms with Crippen LogP contribution in [0.2, 0.25) is 0 Å². The van der Waals surface area contributed by atoms with Crippen molar-refractivity contribution in [3.05, 3.63) is 77.5 Å². The van der Waals surface area contributed by atoms with Crippen LogP contribution in [0.15, 0.2) is 53.2 Å². The highest BCUT2D eigenvalue weighted by Crippen LogP contribution is 2.28. The monoisotopic (exact) mass is 340 g/mol. The molecule has 0 amide bonds. The van der Waals surface area contributed by atoms with Crippen molar-refractivity contribution in [2.45, 2.75) is 32.4 Å². The lowest BCUT2D eigenvalue weighted by atomic mass is 9.99. The van der Waals surface area contributed by atoms with Gasteiger partial charge >= 0.3 is 0 Å². The summed E-state index contributed by atoms with van der Waals surface area (Å²) in [6.07, 6.45) is 3.55. The van der Waals surface area contributed by atoms with Crippen LogP contribution in [0.4, 0.5) is 4.39 Å². The molecule has 2 aromatic heterocycles. The van der Waals surface area contributed by atoms with Crippen LogP contribution in [0.5, 0.6) is 0 Å². The van der Waals surface area contributed by atoms with Gasteiger partial charge in [0, 0.05) is 18.3 Å². The SMILES string of the molecule is CC(C)c1nnc(CN(C)[C@H](c2ccc(F)cc2)c2cccnc2)o1. The molecule has 0 radical (unpaired) electrons. The molecule has 0 N–H and O–H groups in total. The molecule has 0 aliphatic rings. The summed E-state index contributed by atoms with van der Waals surface area (Å²) in [6.45, 7) is 4.51. The Hall–Kier alpha value is -2.60. The lowest BCUT2D eigenvalue weighted by Gasteiger charge is -2.27. The fourth-order valence-electron chi connectivity index (χ4n) is 2.75. The number of pyridine rings is 1. The van der Waals surface area contributed by atoms with E-state index in [1.54, 1.807) is 18.3 Å².